The van der Waals surface area contributed by atoms with Gasteiger partial charge >= 0.3 is 0 Å². The Morgan fingerprint density at radius 3 is 2.78 bits per heavy atom. The van der Waals surface area contributed by atoms with Crippen LogP contribution >= 0.6 is 0 Å². The molecule has 1 aromatic carbocycles. The van der Waals surface area contributed by atoms with E-state index in [0.29, 0.717) is 0 Å². The number of likely N-dealkylation sites (tertiary alicyclic amines) is 1. The lowest BCUT2D eigenvalue weighted by molar-refractivity contribution is -0.908. The maximum atomic E-state index is 10.4. The van der Waals surface area contributed by atoms with E-state index in [0.717, 1.165) is 23.0 Å². The van der Waals surface area contributed by atoms with Crippen molar-refractivity contribution in [3.05, 3.63) is 36.0 Å². The normalized spacial score (nSPS) is 19.2. The largest absolute Gasteiger partial charge is 0.382 e. The quantitative estimate of drug-likeness (QED) is 0.749. The van der Waals surface area contributed by atoms with Crippen LogP contribution in [0.2, 0.25) is 0 Å². The van der Waals surface area contributed by atoms with Gasteiger partial charge in [0.15, 0.2) is 0 Å². The molecule has 0 aliphatic carbocycles. The second-order valence-corrected chi connectivity index (χ2v) is 5.32. The van der Waals surface area contributed by atoms with Crippen LogP contribution in [0.1, 0.15) is 30.9 Å². The lowest BCUT2D eigenvalue weighted by atomic mass is 10.1. The van der Waals surface area contributed by atoms with Crippen LogP contribution < -0.4 is 4.90 Å². The van der Waals surface area contributed by atoms with E-state index < -0.39 is 0 Å². The topological polar surface area (TPSA) is 40.5 Å². The van der Waals surface area contributed by atoms with Crippen LogP contribution in [0.25, 0.3) is 10.9 Å². The summed E-state index contributed by atoms with van der Waals surface area (Å²) in [6.45, 7) is 3.25. The predicted octanol–water partition coefficient (Wildman–Crippen LogP) is 1.27. The molecule has 3 nitrogen and oxygen atoms in total. The fourth-order valence-electron chi connectivity index (χ4n) is 3.01. The number of aromatic amines is 1. The molecule has 1 aliphatic heterocycles. The van der Waals surface area contributed by atoms with Crippen molar-refractivity contribution >= 4 is 10.9 Å². The summed E-state index contributed by atoms with van der Waals surface area (Å²) in [5, 5.41) is 11.6. The van der Waals surface area contributed by atoms with Crippen molar-refractivity contribution in [2.75, 3.05) is 19.6 Å². The number of H-pyrrole nitrogens is 1. The fraction of sp³-hybridized carbons (Fsp3) is 0.467. The van der Waals surface area contributed by atoms with Crippen molar-refractivity contribution in [2.24, 2.45) is 0 Å². The zero-order valence-electron chi connectivity index (χ0n) is 10.7. The molecule has 0 bridgehead atoms. The van der Waals surface area contributed by atoms with Gasteiger partial charge in [-0.2, -0.15) is 0 Å². The van der Waals surface area contributed by atoms with Gasteiger partial charge in [-0.25, -0.2) is 0 Å². The second-order valence-electron chi connectivity index (χ2n) is 5.32. The van der Waals surface area contributed by atoms with Crippen molar-refractivity contribution < 1.29 is 10.0 Å². The van der Waals surface area contributed by atoms with Gasteiger partial charge in [0.05, 0.1) is 13.1 Å². The lowest BCUT2D eigenvalue weighted by Crippen LogP contribution is -3.13. The third-order valence-electron chi connectivity index (χ3n) is 4.02. The summed E-state index contributed by atoms with van der Waals surface area (Å²) < 4.78 is 0. The number of piperidine rings is 1. The number of aliphatic hydroxyl groups is 1. The maximum Gasteiger partial charge on any atom is 0.130 e. The Morgan fingerprint density at radius 1 is 1.17 bits per heavy atom. The molecule has 3 heteroatoms. The first kappa shape index (κ1) is 11.8. The molecule has 1 aromatic heterocycles. The summed E-state index contributed by atoms with van der Waals surface area (Å²) in [6, 6.07) is 8.18. The molecule has 0 saturated carbocycles. The zero-order valence-corrected chi connectivity index (χ0v) is 10.7. The van der Waals surface area contributed by atoms with Crippen LogP contribution in [0, 0.1) is 0 Å². The Labute approximate surface area is 107 Å². The SMILES string of the molecule is O[C@H](C[NH+]1CCCCC1)c1c[nH]c2ccccc12. The van der Waals surface area contributed by atoms with Gasteiger partial charge in [-0.1, -0.05) is 18.2 Å². The van der Waals surface area contributed by atoms with Gasteiger partial charge in [-0.15, -0.1) is 0 Å². The predicted molar refractivity (Wildman–Crippen MR) is 72.7 cm³/mol. The third kappa shape index (κ3) is 2.28. The molecule has 1 saturated heterocycles. The van der Waals surface area contributed by atoms with E-state index >= 15 is 0 Å². The Bertz CT molecular complexity index is 514. The summed E-state index contributed by atoms with van der Waals surface area (Å²) in [7, 11) is 0. The average Bonchev–Trinajstić information content (AvgIpc) is 2.84. The number of quaternary nitrogens is 1. The number of hydrogen-bond donors (Lipinski definition) is 3. The Balaban J connectivity index is 1.76. The second kappa shape index (κ2) is 5.12. The van der Waals surface area contributed by atoms with E-state index in [1.807, 2.05) is 18.3 Å². The molecule has 0 amide bonds. The van der Waals surface area contributed by atoms with Gasteiger partial charge in [0.25, 0.3) is 0 Å². The molecule has 18 heavy (non-hydrogen) atoms. The van der Waals surface area contributed by atoms with Gasteiger partial charge in [-0.3, -0.25) is 0 Å². The van der Waals surface area contributed by atoms with Crippen molar-refractivity contribution in [1.82, 2.24) is 4.98 Å². The number of aliphatic hydroxyl groups excluding tert-OH is 1. The molecular formula is C15H21N2O+. The number of rotatable bonds is 3. The summed E-state index contributed by atoms with van der Waals surface area (Å²) in [5.41, 5.74) is 2.16. The van der Waals surface area contributed by atoms with Crippen LogP contribution in [-0.4, -0.2) is 29.7 Å². The smallest absolute Gasteiger partial charge is 0.130 e. The van der Waals surface area contributed by atoms with Crippen LogP contribution in [0.15, 0.2) is 30.5 Å². The van der Waals surface area contributed by atoms with Crippen molar-refractivity contribution in [2.45, 2.75) is 25.4 Å². The van der Waals surface area contributed by atoms with E-state index in [4.69, 9.17) is 0 Å². The minimum Gasteiger partial charge on any atom is -0.382 e. The molecule has 0 unspecified atom stereocenters. The molecule has 2 aromatic rings. The summed E-state index contributed by atoms with van der Waals surface area (Å²) >= 11 is 0. The zero-order chi connectivity index (χ0) is 12.4. The first-order valence-corrected chi connectivity index (χ1v) is 6.92. The fourth-order valence-corrected chi connectivity index (χ4v) is 3.01. The Morgan fingerprint density at radius 2 is 1.94 bits per heavy atom. The van der Waals surface area contributed by atoms with Crippen molar-refractivity contribution in [3.8, 4) is 0 Å². The number of para-hydroxylation sites is 1. The van der Waals surface area contributed by atoms with Gasteiger partial charge in [0.1, 0.15) is 12.6 Å². The monoisotopic (exact) mass is 245 g/mol. The van der Waals surface area contributed by atoms with Crippen LogP contribution in [0.3, 0.4) is 0 Å². The van der Waals surface area contributed by atoms with Gasteiger partial charge < -0.3 is 15.0 Å². The summed E-state index contributed by atoms with van der Waals surface area (Å²) in [6.07, 6.45) is 5.56. The van der Waals surface area contributed by atoms with Crippen LogP contribution in [0.5, 0.6) is 0 Å². The Hall–Kier alpha value is -1.32. The van der Waals surface area contributed by atoms with E-state index in [1.54, 1.807) is 4.90 Å². The van der Waals surface area contributed by atoms with E-state index in [9.17, 15) is 5.11 Å². The minimum atomic E-state index is -0.353. The van der Waals surface area contributed by atoms with Crippen molar-refractivity contribution in [1.29, 1.82) is 0 Å². The van der Waals surface area contributed by atoms with E-state index in [-0.39, 0.29) is 6.10 Å². The number of hydrogen-bond acceptors (Lipinski definition) is 1. The number of nitrogens with one attached hydrogen (secondary N) is 2. The minimum absolute atomic E-state index is 0.353. The Kier molecular flexibility index (Phi) is 3.35. The molecule has 0 radical (unpaired) electrons. The first-order valence-electron chi connectivity index (χ1n) is 6.92. The molecule has 1 atom stereocenters. The molecule has 0 spiro atoms. The molecule has 1 fully saturated rings. The highest BCUT2D eigenvalue weighted by Crippen LogP contribution is 2.23. The number of fused-ring (bicyclic) bond motifs is 1. The molecular weight excluding hydrogens is 224 g/mol. The lowest BCUT2D eigenvalue weighted by Gasteiger charge is -2.25. The highest BCUT2D eigenvalue weighted by molar-refractivity contribution is 5.83. The molecule has 96 valence electrons. The van der Waals surface area contributed by atoms with Gasteiger partial charge in [0, 0.05) is 22.7 Å². The molecule has 1 aliphatic rings. The maximum absolute atomic E-state index is 10.4. The van der Waals surface area contributed by atoms with Crippen LogP contribution in [0.4, 0.5) is 0 Å². The van der Waals surface area contributed by atoms with Crippen molar-refractivity contribution in [3.63, 3.8) is 0 Å². The molecule has 3 rings (SSSR count). The summed E-state index contributed by atoms with van der Waals surface area (Å²) in [5.74, 6) is 0. The van der Waals surface area contributed by atoms with Gasteiger partial charge in [0.2, 0.25) is 0 Å². The summed E-state index contributed by atoms with van der Waals surface area (Å²) in [4.78, 5) is 4.78. The van der Waals surface area contributed by atoms with E-state index in [2.05, 4.69) is 17.1 Å². The molecule has 2 heterocycles. The number of aromatic nitrogens is 1. The third-order valence-corrected chi connectivity index (χ3v) is 4.02. The highest BCUT2D eigenvalue weighted by atomic mass is 16.3. The van der Waals surface area contributed by atoms with Crippen LogP contribution in [-0.2, 0) is 0 Å². The standard InChI is InChI=1S/C15H20N2O/c18-15(11-17-8-4-1-5-9-17)13-10-16-14-7-3-2-6-12(13)14/h2-3,6-7,10,15-16,18H,1,4-5,8-9,11H2/p+1/t15-/m1/s1. The molecule has 3 N–H and O–H groups in total. The highest BCUT2D eigenvalue weighted by Gasteiger charge is 2.20. The van der Waals surface area contributed by atoms with E-state index in [1.165, 1.54) is 32.4 Å². The number of benzene rings is 1. The van der Waals surface area contributed by atoms with Gasteiger partial charge in [-0.05, 0) is 25.3 Å². The first-order chi connectivity index (χ1) is 8.84. The average molecular weight is 245 g/mol.